The number of aromatic amines is 1. The molecule has 0 saturated carbocycles. The lowest BCUT2D eigenvalue weighted by molar-refractivity contribution is 0.631. The van der Waals surface area contributed by atoms with Crippen molar-refractivity contribution in [1.29, 1.82) is 0 Å². The number of aromatic nitrogens is 4. The lowest BCUT2D eigenvalue weighted by atomic mass is 10.3. The number of hydrogen-bond donors (Lipinski definition) is 1. The molecule has 2 aromatic rings. The van der Waals surface area contributed by atoms with E-state index in [4.69, 9.17) is 12.2 Å². The first-order valence-electron chi connectivity index (χ1n) is 5.88. The maximum absolute atomic E-state index is 5.26. The lowest BCUT2D eigenvalue weighted by Gasteiger charge is -2.05. The van der Waals surface area contributed by atoms with Crippen LogP contribution in [-0.4, -0.2) is 31.8 Å². The number of thioether (sulfide) groups is 1. The third-order valence-electron chi connectivity index (χ3n) is 2.63. The van der Waals surface area contributed by atoms with Crippen LogP contribution in [0.3, 0.4) is 0 Å². The van der Waals surface area contributed by atoms with E-state index in [0.717, 1.165) is 24.5 Å². The summed E-state index contributed by atoms with van der Waals surface area (Å²) in [5.74, 6) is 2.01. The van der Waals surface area contributed by atoms with Crippen molar-refractivity contribution in [2.24, 2.45) is 0 Å². The zero-order valence-electron chi connectivity index (χ0n) is 10.3. The molecule has 0 unspecified atom stereocenters. The van der Waals surface area contributed by atoms with E-state index in [1.54, 1.807) is 6.20 Å². The van der Waals surface area contributed by atoms with Crippen molar-refractivity contribution in [3.63, 3.8) is 0 Å². The van der Waals surface area contributed by atoms with Gasteiger partial charge in [-0.15, -0.1) is 0 Å². The van der Waals surface area contributed by atoms with E-state index in [2.05, 4.69) is 21.4 Å². The first-order valence-corrected chi connectivity index (χ1v) is 7.68. The van der Waals surface area contributed by atoms with Crippen LogP contribution in [0, 0.1) is 4.77 Å². The summed E-state index contributed by atoms with van der Waals surface area (Å²) in [6.07, 6.45) is 6.19. The fraction of sp³-hybridized carbons (Fsp3) is 0.417. The Labute approximate surface area is 116 Å². The summed E-state index contributed by atoms with van der Waals surface area (Å²) >= 11 is 7.14. The van der Waals surface area contributed by atoms with Crippen LogP contribution >= 0.6 is 24.0 Å². The third kappa shape index (κ3) is 3.20. The molecule has 2 aromatic heterocycles. The number of nitrogens with one attached hydrogen (secondary N) is 1. The fourth-order valence-corrected chi connectivity index (χ4v) is 2.45. The van der Waals surface area contributed by atoms with E-state index in [0.29, 0.717) is 4.77 Å². The van der Waals surface area contributed by atoms with E-state index in [9.17, 15) is 0 Å². The molecule has 0 fully saturated rings. The van der Waals surface area contributed by atoms with Crippen LogP contribution in [0.5, 0.6) is 0 Å². The number of hydrogen-bond acceptors (Lipinski definition) is 4. The molecular formula is C12H16N4S2. The number of unbranched alkanes of at least 4 members (excludes halogenated alkanes) is 1. The molecule has 0 aromatic carbocycles. The summed E-state index contributed by atoms with van der Waals surface area (Å²) in [5, 5.41) is 7.11. The van der Waals surface area contributed by atoms with Gasteiger partial charge in [0, 0.05) is 12.7 Å². The molecule has 0 radical (unpaired) electrons. The standard InChI is InChI=1S/C12H16N4S2/c1-18-9-5-4-8-16-11(14-15-12(16)17)10-6-2-3-7-13-10/h2-3,6-7H,4-5,8-9H2,1H3,(H,15,17). The van der Waals surface area contributed by atoms with Gasteiger partial charge in [0.05, 0.1) is 0 Å². The zero-order valence-corrected chi connectivity index (χ0v) is 11.9. The van der Waals surface area contributed by atoms with E-state index < -0.39 is 0 Å². The molecule has 0 atom stereocenters. The molecule has 18 heavy (non-hydrogen) atoms. The van der Waals surface area contributed by atoms with Crippen LogP contribution < -0.4 is 0 Å². The van der Waals surface area contributed by atoms with Crippen molar-refractivity contribution in [2.75, 3.05) is 12.0 Å². The van der Waals surface area contributed by atoms with Crippen molar-refractivity contribution >= 4 is 24.0 Å². The summed E-state index contributed by atoms with van der Waals surface area (Å²) < 4.78 is 2.69. The highest BCUT2D eigenvalue weighted by atomic mass is 32.2. The predicted octanol–water partition coefficient (Wildman–Crippen LogP) is 3.15. The molecular weight excluding hydrogens is 264 g/mol. The monoisotopic (exact) mass is 280 g/mol. The van der Waals surface area contributed by atoms with Gasteiger partial charge in [0.1, 0.15) is 5.69 Å². The van der Waals surface area contributed by atoms with E-state index in [1.807, 2.05) is 34.5 Å². The van der Waals surface area contributed by atoms with Crippen LogP contribution in [0.1, 0.15) is 12.8 Å². The molecule has 0 aliphatic heterocycles. The Balaban J connectivity index is 2.15. The Kier molecular flexibility index (Phi) is 4.95. The second kappa shape index (κ2) is 6.70. The minimum absolute atomic E-state index is 0.666. The van der Waals surface area contributed by atoms with Gasteiger partial charge in [0.2, 0.25) is 0 Å². The largest absolute Gasteiger partial charge is 0.299 e. The first-order chi connectivity index (χ1) is 8.83. The van der Waals surface area contributed by atoms with Gasteiger partial charge in [-0.2, -0.15) is 16.9 Å². The van der Waals surface area contributed by atoms with Crippen LogP contribution in [-0.2, 0) is 6.54 Å². The van der Waals surface area contributed by atoms with E-state index >= 15 is 0 Å². The van der Waals surface area contributed by atoms with Gasteiger partial charge in [-0.1, -0.05) is 6.07 Å². The summed E-state index contributed by atoms with van der Waals surface area (Å²) in [7, 11) is 0. The third-order valence-corrected chi connectivity index (χ3v) is 3.64. The van der Waals surface area contributed by atoms with Crippen LogP contribution in [0.4, 0.5) is 0 Å². The summed E-state index contributed by atoms with van der Waals surface area (Å²) in [4.78, 5) is 4.31. The average Bonchev–Trinajstić information content (AvgIpc) is 2.77. The SMILES string of the molecule is CSCCCCn1c(-c2ccccn2)n[nH]c1=S. The summed E-state index contributed by atoms with van der Waals surface area (Å²) in [5.41, 5.74) is 0.856. The van der Waals surface area contributed by atoms with Crippen molar-refractivity contribution in [1.82, 2.24) is 19.7 Å². The predicted molar refractivity (Wildman–Crippen MR) is 78.3 cm³/mol. The molecule has 2 rings (SSSR count). The highest BCUT2D eigenvalue weighted by Gasteiger charge is 2.08. The zero-order chi connectivity index (χ0) is 12.8. The van der Waals surface area contributed by atoms with Crippen molar-refractivity contribution < 1.29 is 0 Å². The molecule has 1 N–H and O–H groups in total. The highest BCUT2D eigenvalue weighted by Crippen LogP contribution is 2.14. The van der Waals surface area contributed by atoms with Gasteiger partial charge < -0.3 is 0 Å². The molecule has 0 bridgehead atoms. The van der Waals surface area contributed by atoms with Crippen molar-refractivity contribution in [3.05, 3.63) is 29.2 Å². The van der Waals surface area contributed by atoms with E-state index in [-0.39, 0.29) is 0 Å². The Hall–Kier alpha value is -1.14. The number of rotatable bonds is 6. The highest BCUT2D eigenvalue weighted by molar-refractivity contribution is 7.98. The molecule has 0 spiro atoms. The Morgan fingerprint density at radius 2 is 2.28 bits per heavy atom. The molecule has 0 amide bonds. The Morgan fingerprint density at radius 1 is 1.39 bits per heavy atom. The minimum Gasteiger partial charge on any atom is -0.299 e. The van der Waals surface area contributed by atoms with Gasteiger partial charge in [-0.3, -0.25) is 14.6 Å². The Morgan fingerprint density at radius 3 is 3.00 bits per heavy atom. The van der Waals surface area contributed by atoms with Gasteiger partial charge in [-0.25, -0.2) is 0 Å². The quantitative estimate of drug-likeness (QED) is 0.652. The molecule has 0 aliphatic carbocycles. The second-order valence-corrected chi connectivity index (χ2v) is 5.29. The fourth-order valence-electron chi connectivity index (χ4n) is 1.73. The number of nitrogens with zero attached hydrogens (tertiary/aromatic N) is 3. The van der Waals surface area contributed by atoms with Crippen LogP contribution in [0.2, 0.25) is 0 Å². The molecule has 96 valence electrons. The smallest absolute Gasteiger partial charge is 0.195 e. The first kappa shape index (κ1) is 13.3. The normalized spacial score (nSPS) is 10.7. The van der Waals surface area contributed by atoms with E-state index in [1.165, 1.54) is 12.2 Å². The van der Waals surface area contributed by atoms with Crippen molar-refractivity contribution in [2.45, 2.75) is 19.4 Å². The average molecular weight is 280 g/mol. The maximum Gasteiger partial charge on any atom is 0.195 e. The Bertz CT molecular complexity index is 533. The molecule has 0 saturated heterocycles. The molecule has 4 nitrogen and oxygen atoms in total. The summed E-state index contributed by atoms with van der Waals surface area (Å²) in [6, 6.07) is 5.80. The molecule has 0 aliphatic rings. The topological polar surface area (TPSA) is 46.5 Å². The van der Waals surface area contributed by atoms with Crippen LogP contribution in [0.25, 0.3) is 11.5 Å². The second-order valence-electron chi connectivity index (χ2n) is 3.92. The molecule has 6 heteroatoms. The van der Waals surface area contributed by atoms with Crippen LogP contribution in [0.15, 0.2) is 24.4 Å². The van der Waals surface area contributed by atoms with Gasteiger partial charge in [-0.05, 0) is 49.2 Å². The lowest BCUT2D eigenvalue weighted by Crippen LogP contribution is -2.02. The summed E-state index contributed by atoms with van der Waals surface area (Å²) in [6.45, 7) is 0.891. The van der Waals surface area contributed by atoms with Crippen molar-refractivity contribution in [3.8, 4) is 11.5 Å². The van der Waals surface area contributed by atoms with Gasteiger partial charge in [0.15, 0.2) is 10.6 Å². The number of H-pyrrole nitrogens is 1. The van der Waals surface area contributed by atoms with Gasteiger partial charge >= 0.3 is 0 Å². The maximum atomic E-state index is 5.26. The minimum atomic E-state index is 0.666. The number of pyridine rings is 1. The van der Waals surface area contributed by atoms with Gasteiger partial charge in [0.25, 0.3) is 0 Å². The molecule has 2 heterocycles.